The molecule has 3 aromatic rings. The Kier molecular flexibility index (Phi) is 4.45. The van der Waals surface area contributed by atoms with E-state index in [1.54, 1.807) is 29.8 Å². The average Bonchev–Trinajstić information content (AvgIpc) is 3.16. The summed E-state index contributed by atoms with van der Waals surface area (Å²) in [5.41, 5.74) is 2.18. The minimum atomic E-state index is 0.361. The van der Waals surface area contributed by atoms with Crippen LogP contribution in [-0.4, -0.2) is 11.7 Å². The molecule has 5 heteroatoms. The molecule has 0 fully saturated rings. The summed E-state index contributed by atoms with van der Waals surface area (Å²) in [6.45, 7) is 4.38. The molecule has 0 unspecified atom stereocenters. The van der Waals surface area contributed by atoms with Gasteiger partial charge in [-0.2, -0.15) is 0 Å². The molecule has 0 aliphatic carbocycles. The van der Waals surface area contributed by atoms with E-state index in [1.807, 2.05) is 24.3 Å². The molecule has 2 heterocycles. The van der Waals surface area contributed by atoms with Crippen molar-refractivity contribution in [3.63, 3.8) is 0 Å². The van der Waals surface area contributed by atoms with Crippen molar-refractivity contribution < 1.29 is 4.74 Å². The van der Waals surface area contributed by atoms with E-state index in [4.69, 9.17) is 9.73 Å². The van der Waals surface area contributed by atoms with Crippen LogP contribution < -0.4 is 9.54 Å². The largest absolute Gasteiger partial charge is 0.497 e. The van der Waals surface area contributed by atoms with E-state index >= 15 is 0 Å². The number of rotatable bonds is 4. The highest BCUT2D eigenvalue weighted by Gasteiger charge is 2.11. The number of methoxy groups -OCH3 is 1. The molecule has 0 N–H and O–H groups in total. The van der Waals surface area contributed by atoms with E-state index in [9.17, 15) is 0 Å². The van der Waals surface area contributed by atoms with Crippen LogP contribution in [0.4, 0.5) is 5.69 Å². The molecule has 0 aliphatic heterocycles. The number of hydrogen-bond acceptors (Lipinski definition) is 4. The van der Waals surface area contributed by atoms with E-state index in [0.717, 1.165) is 16.2 Å². The molecule has 114 valence electrons. The van der Waals surface area contributed by atoms with E-state index in [2.05, 4.69) is 41.3 Å². The number of thiazole rings is 1. The van der Waals surface area contributed by atoms with Crippen molar-refractivity contribution in [3.05, 3.63) is 52.0 Å². The highest BCUT2D eigenvalue weighted by molar-refractivity contribution is 7.14. The first kappa shape index (κ1) is 15.1. The first-order valence-corrected chi connectivity index (χ1v) is 8.87. The Balaban J connectivity index is 2.08. The van der Waals surface area contributed by atoms with Gasteiger partial charge in [0.15, 0.2) is 4.80 Å². The zero-order valence-corrected chi connectivity index (χ0v) is 14.4. The number of ether oxygens (including phenoxy) is 1. The van der Waals surface area contributed by atoms with Crippen LogP contribution in [0.15, 0.2) is 52.2 Å². The van der Waals surface area contributed by atoms with Crippen molar-refractivity contribution in [2.75, 3.05) is 7.11 Å². The quantitative estimate of drug-likeness (QED) is 0.653. The fourth-order valence-electron chi connectivity index (χ4n) is 2.27. The summed E-state index contributed by atoms with van der Waals surface area (Å²) in [6, 6.07) is 12.4. The first-order chi connectivity index (χ1) is 10.7. The van der Waals surface area contributed by atoms with Gasteiger partial charge in [0.05, 0.1) is 23.4 Å². The third-order valence-electron chi connectivity index (χ3n) is 3.33. The van der Waals surface area contributed by atoms with Gasteiger partial charge in [-0.3, -0.25) is 0 Å². The number of aromatic nitrogens is 1. The average molecular weight is 330 g/mol. The molecule has 0 saturated carbocycles. The standard InChI is InChI=1S/C17H18N2OS2/c1-12(2)19-15(16-5-4-10-21-16)11-22-17(19)18-13-6-8-14(20-3)9-7-13/h4-12H,1-3H3. The second kappa shape index (κ2) is 6.50. The molecule has 0 amide bonds. The van der Waals surface area contributed by atoms with Gasteiger partial charge in [0, 0.05) is 11.4 Å². The predicted molar refractivity (Wildman–Crippen MR) is 94.2 cm³/mol. The van der Waals surface area contributed by atoms with Gasteiger partial charge in [-0.15, -0.1) is 22.7 Å². The van der Waals surface area contributed by atoms with Gasteiger partial charge in [-0.25, -0.2) is 4.99 Å². The van der Waals surface area contributed by atoms with Gasteiger partial charge in [0.1, 0.15) is 5.75 Å². The van der Waals surface area contributed by atoms with E-state index in [1.165, 1.54) is 10.6 Å². The van der Waals surface area contributed by atoms with Crippen LogP contribution in [0.3, 0.4) is 0 Å². The van der Waals surface area contributed by atoms with Crippen LogP contribution in [0.25, 0.3) is 10.6 Å². The van der Waals surface area contributed by atoms with Gasteiger partial charge in [0.2, 0.25) is 0 Å². The summed E-state index contributed by atoms with van der Waals surface area (Å²) in [7, 11) is 1.67. The summed E-state index contributed by atoms with van der Waals surface area (Å²) in [4.78, 5) is 7.09. The normalized spacial score (nSPS) is 12.1. The van der Waals surface area contributed by atoms with Crippen molar-refractivity contribution in [1.29, 1.82) is 0 Å². The van der Waals surface area contributed by atoms with Gasteiger partial charge >= 0.3 is 0 Å². The molecule has 0 atom stereocenters. The van der Waals surface area contributed by atoms with E-state index in [-0.39, 0.29) is 0 Å². The molecule has 0 saturated heterocycles. The van der Waals surface area contributed by atoms with Crippen LogP contribution in [-0.2, 0) is 0 Å². The first-order valence-electron chi connectivity index (χ1n) is 7.11. The van der Waals surface area contributed by atoms with Crippen LogP contribution in [0.1, 0.15) is 19.9 Å². The molecular formula is C17H18N2OS2. The SMILES string of the molecule is COc1ccc(N=c2scc(-c3cccs3)n2C(C)C)cc1. The maximum atomic E-state index is 5.19. The molecule has 1 aromatic carbocycles. The second-order valence-corrected chi connectivity index (χ2v) is 6.94. The Bertz CT molecular complexity index is 796. The lowest BCUT2D eigenvalue weighted by Crippen LogP contribution is -2.17. The summed E-state index contributed by atoms with van der Waals surface area (Å²) in [5, 5.41) is 4.30. The van der Waals surface area contributed by atoms with Crippen LogP contribution in [0.5, 0.6) is 5.75 Å². The van der Waals surface area contributed by atoms with Gasteiger partial charge in [0.25, 0.3) is 0 Å². The smallest absolute Gasteiger partial charge is 0.190 e. The molecular weight excluding hydrogens is 312 g/mol. The van der Waals surface area contributed by atoms with Crippen molar-refractivity contribution in [1.82, 2.24) is 4.57 Å². The van der Waals surface area contributed by atoms with E-state index in [0.29, 0.717) is 6.04 Å². The number of thiophene rings is 1. The monoisotopic (exact) mass is 330 g/mol. The van der Waals surface area contributed by atoms with Crippen molar-refractivity contribution in [2.45, 2.75) is 19.9 Å². The Morgan fingerprint density at radius 1 is 1.09 bits per heavy atom. The number of nitrogens with zero attached hydrogens (tertiary/aromatic N) is 2. The fraction of sp³-hybridized carbons (Fsp3) is 0.235. The Labute approximate surface area is 138 Å². The summed E-state index contributed by atoms with van der Waals surface area (Å²) in [5.74, 6) is 0.848. The van der Waals surface area contributed by atoms with Gasteiger partial charge in [-0.1, -0.05) is 6.07 Å². The lowest BCUT2D eigenvalue weighted by molar-refractivity contribution is 0.415. The topological polar surface area (TPSA) is 26.5 Å². The van der Waals surface area contributed by atoms with Crippen LogP contribution in [0, 0.1) is 0 Å². The Morgan fingerprint density at radius 2 is 1.86 bits per heavy atom. The summed E-state index contributed by atoms with van der Waals surface area (Å²) >= 11 is 3.44. The maximum absolute atomic E-state index is 5.19. The predicted octanol–water partition coefficient (Wildman–Crippen LogP) is 5.10. The molecule has 0 bridgehead atoms. The minimum absolute atomic E-state index is 0.361. The molecule has 0 radical (unpaired) electrons. The summed E-state index contributed by atoms with van der Waals surface area (Å²) in [6.07, 6.45) is 0. The van der Waals surface area contributed by atoms with Crippen molar-refractivity contribution in [3.8, 4) is 16.3 Å². The lowest BCUT2D eigenvalue weighted by atomic mass is 10.3. The Morgan fingerprint density at radius 3 is 2.45 bits per heavy atom. The molecule has 3 rings (SSSR count). The third-order valence-corrected chi connectivity index (χ3v) is 5.06. The van der Waals surface area contributed by atoms with Crippen molar-refractivity contribution >= 4 is 28.4 Å². The molecule has 0 aliphatic rings. The minimum Gasteiger partial charge on any atom is -0.497 e. The zero-order chi connectivity index (χ0) is 15.5. The maximum Gasteiger partial charge on any atom is 0.190 e. The number of hydrogen-bond donors (Lipinski definition) is 0. The van der Waals surface area contributed by atoms with Gasteiger partial charge < -0.3 is 9.30 Å². The highest BCUT2D eigenvalue weighted by atomic mass is 32.1. The molecule has 0 spiro atoms. The fourth-order valence-corrected chi connectivity index (χ4v) is 4.12. The van der Waals surface area contributed by atoms with E-state index < -0.39 is 0 Å². The van der Waals surface area contributed by atoms with Gasteiger partial charge in [-0.05, 0) is 49.6 Å². The van der Waals surface area contributed by atoms with Crippen LogP contribution >= 0.6 is 22.7 Å². The molecule has 2 aromatic heterocycles. The zero-order valence-electron chi connectivity index (χ0n) is 12.8. The van der Waals surface area contributed by atoms with Crippen LogP contribution in [0.2, 0.25) is 0 Å². The number of benzene rings is 1. The molecule has 22 heavy (non-hydrogen) atoms. The second-order valence-electron chi connectivity index (χ2n) is 5.15. The lowest BCUT2D eigenvalue weighted by Gasteiger charge is -2.11. The summed E-state index contributed by atoms with van der Waals surface area (Å²) < 4.78 is 7.48. The highest BCUT2D eigenvalue weighted by Crippen LogP contribution is 2.27. The van der Waals surface area contributed by atoms with Crippen molar-refractivity contribution in [2.24, 2.45) is 4.99 Å². The Hall–Kier alpha value is -1.85. The third kappa shape index (κ3) is 3.00. The molecule has 3 nitrogen and oxygen atoms in total.